The molecule has 5 unspecified atom stereocenters. The minimum atomic E-state index is -1.75. The van der Waals surface area contributed by atoms with E-state index in [0.717, 1.165) is 18.2 Å². The van der Waals surface area contributed by atoms with Crippen LogP contribution in [0.15, 0.2) is 18.2 Å². The van der Waals surface area contributed by atoms with Crippen molar-refractivity contribution in [3.63, 3.8) is 0 Å². The first kappa shape index (κ1) is 22.0. The topological polar surface area (TPSA) is 194 Å². The molecule has 0 amide bonds. The fourth-order valence-corrected chi connectivity index (χ4v) is 3.86. The van der Waals surface area contributed by atoms with E-state index in [9.17, 15) is 45.3 Å². The third kappa shape index (κ3) is 3.10. The molecule has 1 saturated heterocycles. The Morgan fingerprint density at radius 3 is 2.09 bits per heavy atom. The second-order valence-electron chi connectivity index (χ2n) is 7.60. The monoisotopic (exact) mass is 448 g/mol. The largest absolute Gasteiger partial charge is 0.507 e. The summed E-state index contributed by atoms with van der Waals surface area (Å²) in [6, 6.07) is 3.19. The van der Waals surface area contributed by atoms with Gasteiger partial charge in [-0.05, 0) is 25.1 Å². The number of carbonyl (C=O) groups excluding carboxylic acids is 2. The van der Waals surface area contributed by atoms with Crippen molar-refractivity contribution in [2.75, 3.05) is 6.61 Å². The van der Waals surface area contributed by atoms with Crippen LogP contribution in [0.1, 0.15) is 37.4 Å². The molecule has 0 radical (unpaired) electrons. The maximum atomic E-state index is 13.0. The van der Waals surface area contributed by atoms with Crippen LogP contribution in [0.5, 0.6) is 23.0 Å². The molecule has 7 N–H and O–H groups in total. The van der Waals surface area contributed by atoms with E-state index in [2.05, 4.69) is 0 Å². The van der Waals surface area contributed by atoms with Gasteiger partial charge in [0.25, 0.3) is 0 Å². The minimum absolute atomic E-state index is 0.0232. The molecule has 0 saturated carbocycles. The maximum Gasteiger partial charge on any atom is 0.229 e. The fraction of sp³-hybridized carbons (Fsp3) is 0.333. The number of fused-ring (bicyclic) bond motifs is 2. The molecule has 2 aromatic rings. The quantitative estimate of drug-likeness (QED) is 0.245. The molecule has 0 spiro atoms. The van der Waals surface area contributed by atoms with Crippen LogP contribution in [0.2, 0.25) is 0 Å². The van der Waals surface area contributed by atoms with Gasteiger partial charge in [0.1, 0.15) is 47.4 Å². The van der Waals surface area contributed by atoms with Crippen LogP contribution in [0.3, 0.4) is 0 Å². The van der Waals surface area contributed by atoms with Gasteiger partial charge in [-0.1, -0.05) is 0 Å². The van der Waals surface area contributed by atoms with E-state index >= 15 is 0 Å². The van der Waals surface area contributed by atoms with E-state index in [4.69, 9.17) is 9.47 Å². The summed E-state index contributed by atoms with van der Waals surface area (Å²) >= 11 is 0. The van der Waals surface area contributed by atoms with E-state index in [1.54, 1.807) is 0 Å². The lowest BCUT2D eigenvalue weighted by Gasteiger charge is -2.39. The standard InChI is InChI=1S/C21H20O11/c1-6-10(31-21-20(30)19(29)17(27)11(5-22)32-21)4-7-12(15(6)25)18(28)14-9(24)3-2-8(23)13(14)16(7)26/h2-4,11,17,19-25,27,29-30H,5H2,1H3. The number of rotatable bonds is 3. The Hall–Kier alpha value is -3.22. The molecule has 0 bridgehead atoms. The highest BCUT2D eigenvalue weighted by Crippen LogP contribution is 2.44. The number of ketones is 2. The Morgan fingerprint density at radius 2 is 1.50 bits per heavy atom. The minimum Gasteiger partial charge on any atom is -0.507 e. The summed E-state index contributed by atoms with van der Waals surface area (Å²) in [7, 11) is 0. The zero-order valence-electron chi connectivity index (χ0n) is 16.6. The van der Waals surface area contributed by atoms with Crippen LogP contribution in [0, 0.1) is 6.92 Å². The number of aliphatic hydroxyl groups excluding tert-OH is 4. The number of aliphatic hydroxyl groups is 4. The Labute approximate surface area is 180 Å². The number of phenols is 3. The van der Waals surface area contributed by atoms with Crippen molar-refractivity contribution in [3.05, 3.63) is 46.0 Å². The SMILES string of the molecule is Cc1c(OC2OC(CO)C(O)C(O)C2O)cc2c(c1O)C(=O)c1c(O)ccc(O)c1C2=O. The van der Waals surface area contributed by atoms with Gasteiger partial charge in [-0.25, -0.2) is 0 Å². The van der Waals surface area contributed by atoms with Crippen LogP contribution in [0.4, 0.5) is 0 Å². The third-order valence-corrected chi connectivity index (χ3v) is 5.69. The lowest BCUT2D eigenvalue weighted by atomic mass is 9.81. The Morgan fingerprint density at radius 1 is 0.906 bits per heavy atom. The molecule has 11 heteroatoms. The molecule has 1 aliphatic carbocycles. The number of aromatic hydroxyl groups is 3. The van der Waals surface area contributed by atoms with E-state index in [0.29, 0.717) is 0 Å². The molecule has 0 aromatic heterocycles. The van der Waals surface area contributed by atoms with Gasteiger partial charge in [-0.2, -0.15) is 0 Å². The molecule has 1 fully saturated rings. The molecule has 2 aliphatic rings. The third-order valence-electron chi connectivity index (χ3n) is 5.69. The van der Waals surface area contributed by atoms with Crippen LogP contribution in [-0.4, -0.2) is 84.6 Å². The normalized spacial score (nSPS) is 27.1. The van der Waals surface area contributed by atoms with Gasteiger partial charge in [-0.15, -0.1) is 0 Å². The van der Waals surface area contributed by atoms with E-state index in [1.165, 1.54) is 6.92 Å². The molecule has 170 valence electrons. The molecular formula is C21H20O11. The first-order valence-corrected chi connectivity index (χ1v) is 9.56. The van der Waals surface area contributed by atoms with Crippen molar-refractivity contribution in [1.29, 1.82) is 0 Å². The summed E-state index contributed by atoms with van der Waals surface area (Å²) in [6.45, 7) is 0.663. The Bertz CT molecular complexity index is 1120. The molecular weight excluding hydrogens is 428 g/mol. The highest BCUT2D eigenvalue weighted by molar-refractivity contribution is 6.31. The number of carbonyl (C=O) groups is 2. The van der Waals surface area contributed by atoms with Gasteiger partial charge >= 0.3 is 0 Å². The first-order chi connectivity index (χ1) is 15.1. The molecule has 5 atom stereocenters. The van der Waals surface area contributed by atoms with Gasteiger partial charge < -0.3 is 45.2 Å². The lowest BCUT2D eigenvalue weighted by Crippen LogP contribution is -2.60. The predicted octanol–water partition coefficient (Wildman–Crippen LogP) is -0.934. The molecule has 1 aliphatic heterocycles. The number of benzene rings is 2. The van der Waals surface area contributed by atoms with Gasteiger partial charge in [0, 0.05) is 11.1 Å². The number of ether oxygens (including phenoxy) is 2. The predicted molar refractivity (Wildman–Crippen MR) is 104 cm³/mol. The van der Waals surface area contributed by atoms with Crippen molar-refractivity contribution >= 4 is 11.6 Å². The molecule has 11 nitrogen and oxygen atoms in total. The summed E-state index contributed by atoms with van der Waals surface area (Å²) in [4.78, 5) is 26.0. The summed E-state index contributed by atoms with van der Waals surface area (Å²) in [5, 5.41) is 70.1. The highest BCUT2D eigenvalue weighted by Gasteiger charge is 2.45. The average Bonchev–Trinajstić information content (AvgIpc) is 2.76. The van der Waals surface area contributed by atoms with E-state index in [1.807, 2.05) is 0 Å². The van der Waals surface area contributed by atoms with Crippen molar-refractivity contribution in [1.82, 2.24) is 0 Å². The fourth-order valence-electron chi connectivity index (χ4n) is 3.86. The second-order valence-corrected chi connectivity index (χ2v) is 7.60. The first-order valence-electron chi connectivity index (χ1n) is 9.56. The lowest BCUT2D eigenvalue weighted by molar-refractivity contribution is -0.277. The second kappa shape index (κ2) is 7.73. The number of hydrogen-bond donors (Lipinski definition) is 7. The smallest absolute Gasteiger partial charge is 0.229 e. The molecule has 2 aromatic carbocycles. The zero-order valence-corrected chi connectivity index (χ0v) is 16.6. The summed E-state index contributed by atoms with van der Waals surface area (Å²) < 4.78 is 10.8. The van der Waals surface area contributed by atoms with Gasteiger partial charge in [0.05, 0.1) is 23.3 Å². The molecule has 1 heterocycles. The van der Waals surface area contributed by atoms with Crippen molar-refractivity contribution in [2.45, 2.75) is 37.6 Å². The van der Waals surface area contributed by atoms with Crippen LogP contribution in [-0.2, 0) is 4.74 Å². The van der Waals surface area contributed by atoms with Crippen LogP contribution in [0.25, 0.3) is 0 Å². The van der Waals surface area contributed by atoms with Crippen molar-refractivity contribution in [3.8, 4) is 23.0 Å². The zero-order chi connectivity index (χ0) is 23.5. The summed E-state index contributed by atoms with van der Waals surface area (Å²) in [6.07, 6.45) is -7.92. The van der Waals surface area contributed by atoms with Gasteiger partial charge in [0.2, 0.25) is 12.1 Å². The molecule has 4 rings (SSSR count). The Balaban J connectivity index is 1.78. The molecule has 32 heavy (non-hydrogen) atoms. The van der Waals surface area contributed by atoms with E-state index in [-0.39, 0.29) is 16.9 Å². The highest BCUT2D eigenvalue weighted by atomic mass is 16.7. The van der Waals surface area contributed by atoms with Crippen LogP contribution >= 0.6 is 0 Å². The van der Waals surface area contributed by atoms with E-state index < -0.39 is 82.8 Å². The summed E-state index contributed by atoms with van der Waals surface area (Å²) in [5.74, 6) is -3.66. The van der Waals surface area contributed by atoms with Crippen molar-refractivity contribution in [2.24, 2.45) is 0 Å². The number of phenolic OH excluding ortho intramolecular Hbond substituents is 3. The number of hydrogen-bond acceptors (Lipinski definition) is 11. The Kier molecular flexibility index (Phi) is 5.31. The maximum absolute atomic E-state index is 13.0. The van der Waals surface area contributed by atoms with Crippen LogP contribution < -0.4 is 4.74 Å². The average molecular weight is 448 g/mol. The summed E-state index contributed by atoms with van der Waals surface area (Å²) in [5.41, 5.74) is -1.64. The van der Waals surface area contributed by atoms with Gasteiger partial charge in [-0.3, -0.25) is 9.59 Å². The van der Waals surface area contributed by atoms with Gasteiger partial charge in [0.15, 0.2) is 5.78 Å². The van der Waals surface area contributed by atoms with Crippen molar-refractivity contribution < 1.29 is 54.8 Å².